The number of hydrogen-bond donors (Lipinski definition) is 2. The molecule has 16 heteroatoms. The summed E-state index contributed by atoms with van der Waals surface area (Å²) in [5, 5.41) is 10.1. The zero-order chi connectivity index (χ0) is 31.5. The molecule has 2 aromatic carbocycles. The molecule has 2 N–H and O–H groups in total. The van der Waals surface area contributed by atoms with Gasteiger partial charge in [-0.05, 0) is 29.3 Å². The number of carbonyl (C=O) groups excluding carboxylic acids is 2. The summed E-state index contributed by atoms with van der Waals surface area (Å²) >= 11 is 11.6. The van der Waals surface area contributed by atoms with E-state index in [1.54, 1.807) is 0 Å². The minimum Gasteiger partial charge on any atom is -0.392 e. The highest BCUT2D eigenvalue weighted by Gasteiger charge is 2.41. The van der Waals surface area contributed by atoms with Crippen LogP contribution in [0.3, 0.4) is 0 Å². The Balaban J connectivity index is 2.47. The Morgan fingerprint density at radius 2 is 1.61 bits per heavy atom. The van der Waals surface area contributed by atoms with Gasteiger partial charge in [0.15, 0.2) is 5.78 Å². The van der Waals surface area contributed by atoms with Gasteiger partial charge >= 0.3 is 18.5 Å². The van der Waals surface area contributed by atoms with Crippen LogP contribution in [-0.2, 0) is 17.6 Å². The number of Topliss-reactive ketones (excluding diaryl/α,β-unsaturated/α-hetero) is 1. The largest absolute Gasteiger partial charge is 0.417 e. The minimum absolute atomic E-state index is 0.0231. The summed E-state index contributed by atoms with van der Waals surface area (Å²) in [5.74, 6) is -8.57. The summed E-state index contributed by atoms with van der Waals surface area (Å²) in [5.41, 5.74) is -4.70. The van der Waals surface area contributed by atoms with Crippen molar-refractivity contribution < 1.29 is 58.6 Å². The van der Waals surface area contributed by atoms with Crippen molar-refractivity contribution in [3.05, 3.63) is 74.3 Å². The van der Waals surface area contributed by atoms with E-state index in [4.69, 9.17) is 23.2 Å². The first-order valence-electron chi connectivity index (χ1n) is 11.3. The van der Waals surface area contributed by atoms with E-state index in [0.717, 1.165) is 19.1 Å². The number of halogens is 12. The van der Waals surface area contributed by atoms with Crippen LogP contribution in [0.25, 0.3) is 5.83 Å². The fourth-order valence-corrected chi connectivity index (χ4v) is 4.02. The molecule has 0 saturated carbocycles. The number of nitrogens with one attached hydrogen (secondary N) is 1. The molecule has 0 aliphatic carbocycles. The average molecular weight is 642 g/mol. The van der Waals surface area contributed by atoms with Crippen molar-refractivity contribution in [3.63, 3.8) is 0 Å². The number of benzene rings is 2. The van der Waals surface area contributed by atoms with Gasteiger partial charge in [-0.2, -0.15) is 39.5 Å². The van der Waals surface area contributed by atoms with Crippen LogP contribution in [0.5, 0.6) is 0 Å². The number of hydrogen-bond acceptors (Lipinski definition) is 3. The van der Waals surface area contributed by atoms with Crippen LogP contribution in [0.15, 0.2) is 36.4 Å². The first-order valence-corrected chi connectivity index (χ1v) is 12.0. The topological polar surface area (TPSA) is 66.4 Å². The molecule has 0 aliphatic rings. The van der Waals surface area contributed by atoms with Crippen molar-refractivity contribution in [3.8, 4) is 0 Å². The van der Waals surface area contributed by atoms with Gasteiger partial charge in [0.25, 0.3) is 0 Å². The molecule has 0 bridgehead atoms. The van der Waals surface area contributed by atoms with Gasteiger partial charge in [0.2, 0.25) is 5.91 Å². The van der Waals surface area contributed by atoms with Crippen LogP contribution in [-0.4, -0.2) is 35.7 Å². The van der Waals surface area contributed by atoms with Crippen molar-refractivity contribution in [1.82, 2.24) is 5.32 Å². The molecule has 2 rings (SSSR count). The Kier molecular flexibility index (Phi) is 10.9. The third-order valence-corrected chi connectivity index (χ3v) is 6.47. The number of allylic oxidation sites excluding steroid dienone is 1. The summed E-state index contributed by atoms with van der Waals surface area (Å²) in [7, 11) is 0. The third-order valence-electron chi connectivity index (χ3n) is 5.62. The van der Waals surface area contributed by atoms with Crippen LogP contribution in [0, 0.1) is 5.92 Å². The lowest BCUT2D eigenvalue weighted by atomic mass is 9.92. The van der Waals surface area contributed by atoms with Gasteiger partial charge < -0.3 is 10.4 Å². The number of ketones is 1. The van der Waals surface area contributed by atoms with Gasteiger partial charge in [0, 0.05) is 23.5 Å². The van der Waals surface area contributed by atoms with Crippen molar-refractivity contribution in [2.75, 3.05) is 6.54 Å². The second kappa shape index (κ2) is 13.0. The van der Waals surface area contributed by atoms with Crippen molar-refractivity contribution in [1.29, 1.82) is 0 Å². The van der Waals surface area contributed by atoms with E-state index in [-0.39, 0.29) is 22.7 Å². The quantitative estimate of drug-likeness (QED) is 0.215. The molecule has 4 nitrogen and oxygen atoms in total. The van der Waals surface area contributed by atoms with Crippen LogP contribution < -0.4 is 5.32 Å². The summed E-state index contributed by atoms with van der Waals surface area (Å²) in [4.78, 5) is 24.3. The van der Waals surface area contributed by atoms with Crippen molar-refractivity contribution >= 4 is 40.7 Å². The Hall–Kier alpha value is -2.84. The number of alkyl halides is 9. The Morgan fingerprint density at radius 3 is 2.12 bits per heavy atom. The van der Waals surface area contributed by atoms with Gasteiger partial charge in [-0.15, -0.1) is 0 Å². The molecule has 0 aliphatic heterocycles. The van der Waals surface area contributed by atoms with Crippen molar-refractivity contribution in [2.24, 2.45) is 5.92 Å². The summed E-state index contributed by atoms with van der Waals surface area (Å²) in [6.45, 7) is -1.56. The molecular formula is C25H19Cl2F10NO3. The highest BCUT2D eigenvalue weighted by molar-refractivity contribution is 6.42. The first kappa shape index (κ1) is 34.4. The lowest BCUT2D eigenvalue weighted by molar-refractivity contribution is -0.140. The molecule has 0 aromatic heterocycles. The maximum atomic E-state index is 15.0. The normalized spacial score (nSPS) is 14.5. The highest BCUT2D eigenvalue weighted by Crippen LogP contribution is 2.42. The summed E-state index contributed by atoms with van der Waals surface area (Å²) < 4.78 is 135. The van der Waals surface area contributed by atoms with Crippen molar-refractivity contribution in [2.45, 2.75) is 44.4 Å². The predicted octanol–water partition coefficient (Wildman–Crippen LogP) is 8.05. The van der Waals surface area contributed by atoms with Gasteiger partial charge in [0.05, 0.1) is 22.2 Å². The molecule has 0 radical (unpaired) electrons. The van der Waals surface area contributed by atoms with E-state index in [1.165, 1.54) is 5.32 Å². The third kappa shape index (κ3) is 9.33. The maximum absolute atomic E-state index is 15.0. The standard InChI is InChI=1S/C25H19Cl2F10NO3/c1-11(22(41)38-10-23(29,30)31)4-20(40)15-3-2-12(6-17(15)25(35,36)37)19(28)8-16(24(32,33)34)13-5-14(9-39)21(27)18(26)7-13/h2-3,5-8,11,16,39H,4,9-10H2,1H3,(H,38,41)/b19-8-/t11-,16?/m0/s1. The molecule has 0 heterocycles. The van der Waals surface area contributed by atoms with Gasteiger partial charge in [-0.1, -0.05) is 48.3 Å². The first-order chi connectivity index (χ1) is 18.7. The molecule has 41 heavy (non-hydrogen) atoms. The van der Waals surface area contributed by atoms with E-state index in [1.807, 2.05) is 0 Å². The van der Waals surface area contributed by atoms with Crippen LogP contribution >= 0.6 is 23.2 Å². The zero-order valence-electron chi connectivity index (χ0n) is 20.5. The fourth-order valence-electron chi connectivity index (χ4n) is 3.60. The highest BCUT2D eigenvalue weighted by atomic mass is 35.5. The number of aliphatic hydroxyl groups is 1. The lowest BCUT2D eigenvalue weighted by Crippen LogP contribution is -2.37. The number of aliphatic hydroxyl groups excluding tert-OH is 1. The summed E-state index contributed by atoms with van der Waals surface area (Å²) in [6, 6.07) is 2.73. The van der Waals surface area contributed by atoms with Crippen LogP contribution in [0.2, 0.25) is 10.0 Å². The van der Waals surface area contributed by atoms with E-state index in [9.17, 15) is 54.2 Å². The Bertz CT molecular complexity index is 1320. The average Bonchev–Trinajstić information content (AvgIpc) is 2.85. The number of carbonyl (C=O) groups is 2. The van der Waals surface area contributed by atoms with Gasteiger partial charge in [-0.3, -0.25) is 9.59 Å². The van der Waals surface area contributed by atoms with E-state index >= 15 is 4.39 Å². The van der Waals surface area contributed by atoms with E-state index < -0.39 is 94.7 Å². The SMILES string of the molecule is C[C@@H](CC(=O)c1ccc(/C(F)=C/C(c2cc(Cl)c(Cl)c(CO)c2)C(F)(F)F)cc1C(F)(F)F)C(=O)NCC(F)(F)F. The Morgan fingerprint density at radius 1 is 1.00 bits per heavy atom. The smallest absolute Gasteiger partial charge is 0.392 e. The summed E-state index contributed by atoms with van der Waals surface area (Å²) in [6.07, 6.45) is -16.2. The van der Waals surface area contributed by atoms with Crippen LogP contribution in [0.1, 0.15) is 51.9 Å². The van der Waals surface area contributed by atoms with Crippen LogP contribution in [0.4, 0.5) is 43.9 Å². The molecule has 0 fully saturated rings. The molecule has 0 saturated heterocycles. The maximum Gasteiger partial charge on any atom is 0.417 e. The lowest BCUT2D eigenvalue weighted by Gasteiger charge is -2.20. The fraction of sp³-hybridized carbons (Fsp3) is 0.360. The van der Waals surface area contributed by atoms with E-state index in [2.05, 4.69) is 0 Å². The van der Waals surface area contributed by atoms with Gasteiger partial charge in [-0.25, -0.2) is 4.39 Å². The zero-order valence-corrected chi connectivity index (χ0v) is 22.1. The number of rotatable bonds is 9. The second-order valence-electron chi connectivity index (χ2n) is 8.79. The molecule has 226 valence electrons. The number of amides is 1. The van der Waals surface area contributed by atoms with E-state index in [0.29, 0.717) is 12.1 Å². The Labute approximate surface area is 235 Å². The van der Waals surface area contributed by atoms with Gasteiger partial charge in [0.1, 0.15) is 18.3 Å². The molecule has 1 unspecified atom stereocenters. The molecule has 2 aromatic rings. The molecule has 1 amide bonds. The monoisotopic (exact) mass is 641 g/mol. The molecule has 0 spiro atoms. The molecule has 2 atom stereocenters. The predicted molar refractivity (Wildman–Crippen MR) is 129 cm³/mol. The molecular weight excluding hydrogens is 623 g/mol. The minimum atomic E-state index is -5.31. The second-order valence-corrected chi connectivity index (χ2v) is 9.57.